The molecule has 4 rings (SSSR count). The van der Waals surface area contributed by atoms with E-state index in [0.29, 0.717) is 12.5 Å². The van der Waals surface area contributed by atoms with Crippen molar-refractivity contribution in [2.75, 3.05) is 31.1 Å². The summed E-state index contributed by atoms with van der Waals surface area (Å²) < 4.78 is 5.93. The van der Waals surface area contributed by atoms with Crippen LogP contribution in [0.5, 0.6) is 5.75 Å². The Kier molecular flexibility index (Phi) is 6.53. The zero-order valence-corrected chi connectivity index (χ0v) is 17.2. The Morgan fingerprint density at radius 2 is 1.93 bits per heavy atom. The van der Waals surface area contributed by atoms with E-state index in [1.807, 2.05) is 29.2 Å². The lowest BCUT2D eigenvalue weighted by Crippen LogP contribution is -2.45. The number of hydrogen-bond acceptors (Lipinski definition) is 4. The average molecular weight is 386 g/mol. The van der Waals surface area contributed by atoms with Crippen molar-refractivity contribution in [1.29, 1.82) is 0 Å². The second-order valence-corrected chi connectivity index (χ2v) is 8.72. The molecule has 28 heavy (non-hydrogen) atoms. The average Bonchev–Trinajstić information content (AvgIpc) is 3.24. The molecule has 1 amide bonds. The zero-order valence-electron chi connectivity index (χ0n) is 17.2. The van der Waals surface area contributed by atoms with Crippen molar-refractivity contribution in [1.82, 2.24) is 10.2 Å². The van der Waals surface area contributed by atoms with Gasteiger partial charge >= 0.3 is 0 Å². The Morgan fingerprint density at radius 3 is 2.61 bits per heavy atom. The molecular weight excluding hydrogens is 350 g/mol. The summed E-state index contributed by atoms with van der Waals surface area (Å²) >= 11 is 0. The number of carbonyl (C=O) groups is 1. The maximum Gasteiger partial charge on any atom is 0.227 e. The van der Waals surface area contributed by atoms with Crippen LogP contribution < -0.4 is 15.0 Å². The van der Waals surface area contributed by atoms with Crippen LogP contribution in [0.25, 0.3) is 0 Å². The highest BCUT2D eigenvalue weighted by atomic mass is 16.5. The van der Waals surface area contributed by atoms with Gasteiger partial charge in [-0.2, -0.15) is 0 Å². The SMILES string of the molecule is CC1CCCN1CCCOc1ccc(N2C(=O)CCC2CNC2CCC2)cc1. The summed E-state index contributed by atoms with van der Waals surface area (Å²) in [6.07, 6.45) is 9.22. The van der Waals surface area contributed by atoms with Gasteiger partial charge in [0.25, 0.3) is 0 Å². The summed E-state index contributed by atoms with van der Waals surface area (Å²) in [5.74, 6) is 1.14. The number of nitrogens with zero attached hydrogens (tertiary/aromatic N) is 2. The molecule has 1 aromatic carbocycles. The highest BCUT2D eigenvalue weighted by Gasteiger charge is 2.32. The van der Waals surface area contributed by atoms with Gasteiger partial charge < -0.3 is 19.9 Å². The van der Waals surface area contributed by atoms with E-state index in [9.17, 15) is 4.79 Å². The minimum Gasteiger partial charge on any atom is -0.494 e. The summed E-state index contributed by atoms with van der Waals surface area (Å²) in [6, 6.07) is 9.77. The minimum absolute atomic E-state index is 0.244. The number of carbonyl (C=O) groups excluding carboxylic acids is 1. The summed E-state index contributed by atoms with van der Waals surface area (Å²) in [5.41, 5.74) is 1.00. The van der Waals surface area contributed by atoms with Crippen molar-refractivity contribution in [3.05, 3.63) is 24.3 Å². The predicted molar refractivity (Wildman–Crippen MR) is 113 cm³/mol. The van der Waals surface area contributed by atoms with Gasteiger partial charge in [-0.25, -0.2) is 0 Å². The molecule has 2 aliphatic heterocycles. The number of amides is 1. The van der Waals surface area contributed by atoms with Gasteiger partial charge in [-0.05, 0) is 76.3 Å². The number of ether oxygens (including phenoxy) is 1. The van der Waals surface area contributed by atoms with Crippen LogP contribution in [-0.4, -0.2) is 55.2 Å². The van der Waals surface area contributed by atoms with Crippen LogP contribution in [0.3, 0.4) is 0 Å². The van der Waals surface area contributed by atoms with Gasteiger partial charge in [-0.1, -0.05) is 6.42 Å². The van der Waals surface area contributed by atoms with E-state index in [0.717, 1.165) is 50.0 Å². The molecule has 0 spiro atoms. The van der Waals surface area contributed by atoms with Gasteiger partial charge in [0.05, 0.1) is 6.61 Å². The Hall–Kier alpha value is -1.59. The number of likely N-dealkylation sites (tertiary alicyclic amines) is 1. The zero-order chi connectivity index (χ0) is 19.3. The fraction of sp³-hybridized carbons (Fsp3) is 0.696. The Bertz CT molecular complexity index is 644. The van der Waals surface area contributed by atoms with Crippen molar-refractivity contribution in [3.63, 3.8) is 0 Å². The third-order valence-corrected chi connectivity index (χ3v) is 6.74. The molecule has 2 atom stereocenters. The first-order valence-electron chi connectivity index (χ1n) is 11.2. The smallest absolute Gasteiger partial charge is 0.227 e. The molecule has 1 N–H and O–H groups in total. The van der Waals surface area contributed by atoms with Crippen molar-refractivity contribution in [3.8, 4) is 5.75 Å². The first-order chi connectivity index (χ1) is 13.7. The second-order valence-electron chi connectivity index (χ2n) is 8.72. The normalized spacial score (nSPS) is 26.0. The lowest BCUT2D eigenvalue weighted by atomic mass is 9.93. The van der Waals surface area contributed by atoms with E-state index in [-0.39, 0.29) is 11.9 Å². The van der Waals surface area contributed by atoms with Crippen molar-refractivity contribution in [2.24, 2.45) is 0 Å². The quantitative estimate of drug-likeness (QED) is 0.660. The predicted octanol–water partition coefficient (Wildman–Crippen LogP) is 3.58. The molecule has 5 heteroatoms. The molecule has 5 nitrogen and oxygen atoms in total. The molecule has 2 unspecified atom stereocenters. The summed E-state index contributed by atoms with van der Waals surface area (Å²) in [5, 5.41) is 3.63. The number of anilines is 1. The maximum absolute atomic E-state index is 12.4. The number of hydrogen-bond donors (Lipinski definition) is 1. The van der Waals surface area contributed by atoms with E-state index >= 15 is 0 Å². The molecule has 1 saturated carbocycles. The van der Waals surface area contributed by atoms with Crippen LogP contribution >= 0.6 is 0 Å². The van der Waals surface area contributed by atoms with Crippen LogP contribution in [-0.2, 0) is 4.79 Å². The van der Waals surface area contributed by atoms with E-state index in [1.54, 1.807) is 0 Å². The van der Waals surface area contributed by atoms with Gasteiger partial charge in [0, 0.05) is 43.3 Å². The lowest BCUT2D eigenvalue weighted by Gasteiger charge is -2.31. The highest BCUT2D eigenvalue weighted by Crippen LogP contribution is 2.29. The fourth-order valence-corrected chi connectivity index (χ4v) is 4.69. The van der Waals surface area contributed by atoms with E-state index in [1.165, 1.54) is 38.6 Å². The van der Waals surface area contributed by atoms with Crippen LogP contribution in [0.1, 0.15) is 58.3 Å². The van der Waals surface area contributed by atoms with Gasteiger partial charge in [0.15, 0.2) is 0 Å². The topological polar surface area (TPSA) is 44.8 Å². The first kappa shape index (κ1) is 19.7. The molecule has 3 aliphatic rings. The minimum atomic E-state index is 0.244. The highest BCUT2D eigenvalue weighted by molar-refractivity contribution is 5.96. The Balaban J connectivity index is 1.25. The van der Waals surface area contributed by atoms with Crippen LogP contribution in [0, 0.1) is 0 Å². The second kappa shape index (κ2) is 9.27. The molecule has 2 heterocycles. The molecule has 0 aromatic heterocycles. The molecule has 2 saturated heterocycles. The van der Waals surface area contributed by atoms with E-state index < -0.39 is 0 Å². The Morgan fingerprint density at radius 1 is 1.11 bits per heavy atom. The molecule has 0 radical (unpaired) electrons. The third kappa shape index (κ3) is 4.69. The van der Waals surface area contributed by atoms with Crippen molar-refractivity contribution < 1.29 is 9.53 Å². The van der Waals surface area contributed by atoms with Gasteiger partial charge in [0.2, 0.25) is 5.91 Å². The lowest BCUT2D eigenvalue weighted by molar-refractivity contribution is -0.117. The van der Waals surface area contributed by atoms with Crippen LogP contribution in [0.2, 0.25) is 0 Å². The molecule has 0 bridgehead atoms. The summed E-state index contributed by atoms with van der Waals surface area (Å²) in [4.78, 5) is 17.0. The fourth-order valence-electron chi connectivity index (χ4n) is 4.69. The Labute approximate surface area is 169 Å². The van der Waals surface area contributed by atoms with Crippen molar-refractivity contribution in [2.45, 2.75) is 76.4 Å². The molecule has 1 aromatic rings. The first-order valence-corrected chi connectivity index (χ1v) is 11.2. The molecule has 1 aliphatic carbocycles. The number of nitrogens with one attached hydrogen (secondary N) is 1. The van der Waals surface area contributed by atoms with Gasteiger partial charge in [0.1, 0.15) is 5.75 Å². The maximum atomic E-state index is 12.4. The molecular formula is C23H35N3O2. The van der Waals surface area contributed by atoms with Crippen LogP contribution in [0.4, 0.5) is 5.69 Å². The number of rotatable bonds is 9. The number of benzene rings is 1. The van der Waals surface area contributed by atoms with Crippen molar-refractivity contribution >= 4 is 11.6 Å². The van der Waals surface area contributed by atoms with E-state index in [2.05, 4.69) is 17.1 Å². The van der Waals surface area contributed by atoms with Gasteiger partial charge in [-0.15, -0.1) is 0 Å². The summed E-state index contributed by atoms with van der Waals surface area (Å²) in [6.45, 7) is 6.33. The third-order valence-electron chi connectivity index (χ3n) is 6.74. The molecule has 154 valence electrons. The van der Waals surface area contributed by atoms with Crippen LogP contribution in [0.15, 0.2) is 24.3 Å². The monoisotopic (exact) mass is 385 g/mol. The largest absolute Gasteiger partial charge is 0.494 e. The standard InChI is InChI=1S/C23H35N3O2/c1-18-5-3-14-25(18)15-4-16-28-22-11-8-20(9-12-22)26-21(10-13-23(26)27)17-24-19-6-2-7-19/h8-9,11-12,18-19,21,24H,2-7,10,13-17H2,1H3. The van der Waals surface area contributed by atoms with Gasteiger partial charge in [-0.3, -0.25) is 4.79 Å². The molecule has 3 fully saturated rings. The summed E-state index contributed by atoms with van der Waals surface area (Å²) in [7, 11) is 0. The van der Waals surface area contributed by atoms with E-state index in [4.69, 9.17) is 4.74 Å².